The molecule has 0 spiro atoms. The second-order valence-electron chi connectivity index (χ2n) is 5.51. The molecule has 0 saturated carbocycles. The standard InChI is InChI=1S/C17H23ClN4O.HI/c1-12-16(13(2)23-21-12)8-9-20-17(19-3)22(4)11-14-6-5-7-15(18)10-14;/h5-7,10H,8-9,11H2,1-4H3,(H,19,20);1H. The molecule has 0 aliphatic heterocycles. The number of aliphatic imine (C=N–C) groups is 1. The zero-order valence-electron chi connectivity index (χ0n) is 14.5. The molecule has 1 aromatic carbocycles. The van der Waals surface area contributed by atoms with E-state index in [9.17, 15) is 0 Å². The molecule has 1 aromatic heterocycles. The van der Waals surface area contributed by atoms with Crippen LogP contribution in [0, 0.1) is 13.8 Å². The van der Waals surface area contributed by atoms with Crippen molar-refractivity contribution >= 4 is 41.5 Å². The van der Waals surface area contributed by atoms with Crippen molar-refractivity contribution in [3.63, 3.8) is 0 Å². The van der Waals surface area contributed by atoms with Gasteiger partial charge in [-0.25, -0.2) is 0 Å². The van der Waals surface area contributed by atoms with Crippen molar-refractivity contribution in [3.8, 4) is 0 Å². The normalized spacial score (nSPS) is 11.1. The number of hydrogen-bond acceptors (Lipinski definition) is 3. The summed E-state index contributed by atoms with van der Waals surface area (Å²) in [5.41, 5.74) is 3.26. The Kier molecular flexibility index (Phi) is 8.55. The second-order valence-corrected chi connectivity index (χ2v) is 5.95. The minimum atomic E-state index is 0. The number of aryl methyl sites for hydroxylation is 2. The van der Waals surface area contributed by atoms with Crippen LogP contribution < -0.4 is 5.32 Å². The monoisotopic (exact) mass is 462 g/mol. The van der Waals surface area contributed by atoms with E-state index in [1.165, 1.54) is 0 Å². The van der Waals surface area contributed by atoms with Crippen molar-refractivity contribution in [2.75, 3.05) is 20.6 Å². The lowest BCUT2D eigenvalue weighted by molar-refractivity contribution is 0.392. The largest absolute Gasteiger partial charge is 0.361 e. The molecule has 0 amide bonds. The molecule has 0 saturated heterocycles. The summed E-state index contributed by atoms with van der Waals surface area (Å²) in [6.07, 6.45) is 0.852. The molecule has 0 radical (unpaired) electrons. The van der Waals surface area contributed by atoms with Gasteiger partial charge in [-0.3, -0.25) is 4.99 Å². The summed E-state index contributed by atoms with van der Waals surface area (Å²) < 4.78 is 5.19. The lowest BCUT2D eigenvalue weighted by Gasteiger charge is -2.22. The fourth-order valence-electron chi connectivity index (χ4n) is 2.53. The topological polar surface area (TPSA) is 53.7 Å². The third-order valence-electron chi connectivity index (χ3n) is 3.72. The number of hydrogen-bond donors (Lipinski definition) is 1. The van der Waals surface area contributed by atoms with E-state index in [0.717, 1.165) is 53.1 Å². The number of aromatic nitrogens is 1. The molecule has 24 heavy (non-hydrogen) atoms. The number of rotatable bonds is 5. The molecule has 0 aliphatic rings. The van der Waals surface area contributed by atoms with Crippen LogP contribution in [-0.2, 0) is 13.0 Å². The van der Waals surface area contributed by atoms with Crippen molar-refractivity contribution in [1.29, 1.82) is 0 Å². The first-order valence-electron chi connectivity index (χ1n) is 7.59. The average Bonchev–Trinajstić information content (AvgIpc) is 2.83. The lowest BCUT2D eigenvalue weighted by Crippen LogP contribution is -2.39. The molecule has 0 atom stereocenters. The first-order chi connectivity index (χ1) is 11.0. The van der Waals surface area contributed by atoms with Gasteiger partial charge in [-0.05, 0) is 38.0 Å². The van der Waals surface area contributed by atoms with Crippen LogP contribution in [0.4, 0.5) is 0 Å². The van der Waals surface area contributed by atoms with Crippen LogP contribution >= 0.6 is 35.6 Å². The van der Waals surface area contributed by atoms with E-state index < -0.39 is 0 Å². The Hall–Kier alpha value is -1.28. The van der Waals surface area contributed by atoms with Gasteiger partial charge in [-0.1, -0.05) is 28.9 Å². The molecule has 2 rings (SSSR count). The molecule has 1 N–H and O–H groups in total. The SMILES string of the molecule is CN=C(NCCc1c(C)noc1C)N(C)Cc1cccc(Cl)c1.I. The number of nitrogens with zero attached hydrogens (tertiary/aromatic N) is 3. The number of benzene rings is 1. The summed E-state index contributed by atoms with van der Waals surface area (Å²) in [7, 11) is 3.79. The highest BCUT2D eigenvalue weighted by Crippen LogP contribution is 2.13. The van der Waals surface area contributed by atoms with E-state index in [4.69, 9.17) is 16.1 Å². The van der Waals surface area contributed by atoms with Crippen LogP contribution in [0.5, 0.6) is 0 Å². The first-order valence-corrected chi connectivity index (χ1v) is 7.97. The molecule has 132 valence electrons. The van der Waals surface area contributed by atoms with Gasteiger partial charge in [0.05, 0.1) is 5.69 Å². The van der Waals surface area contributed by atoms with E-state index in [-0.39, 0.29) is 24.0 Å². The number of guanidine groups is 1. The molecular weight excluding hydrogens is 439 g/mol. The Morgan fingerprint density at radius 1 is 1.38 bits per heavy atom. The molecule has 7 heteroatoms. The van der Waals surface area contributed by atoms with Crippen LogP contribution in [0.15, 0.2) is 33.8 Å². The molecule has 0 bridgehead atoms. The highest BCUT2D eigenvalue weighted by Gasteiger charge is 2.10. The third-order valence-corrected chi connectivity index (χ3v) is 3.96. The van der Waals surface area contributed by atoms with E-state index in [0.29, 0.717) is 0 Å². The van der Waals surface area contributed by atoms with Crippen molar-refractivity contribution in [3.05, 3.63) is 51.9 Å². The Balaban J connectivity index is 0.00000288. The summed E-state index contributed by atoms with van der Waals surface area (Å²) in [6.45, 7) is 5.42. The van der Waals surface area contributed by atoms with Crippen LogP contribution in [0.2, 0.25) is 5.02 Å². The second kappa shape index (κ2) is 9.88. The van der Waals surface area contributed by atoms with Crippen molar-refractivity contribution in [1.82, 2.24) is 15.4 Å². The van der Waals surface area contributed by atoms with Gasteiger partial charge in [0.2, 0.25) is 0 Å². The zero-order chi connectivity index (χ0) is 16.8. The Morgan fingerprint density at radius 2 is 2.12 bits per heavy atom. The van der Waals surface area contributed by atoms with Gasteiger partial charge < -0.3 is 14.7 Å². The van der Waals surface area contributed by atoms with Gasteiger partial charge in [-0.2, -0.15) is 0 Å². The maximum Gasteiger partial charge on any atom is 0.193 e. The zero-order valence-corrected chi connectivity index (χ0v) is 17.6. The average molecular weight is 463 g/mol. The minimum absolute atomic E-state index is 0. The van der Waals surface area contributed by atoms with Crippen molar-refractivity contribution < 1.29 is 4.52 Å². The van der Waals surface area contributed by atoms with E-state index >= 15 is 0 Å². The quantitative estimate of drug-likeness (QED) is 0.417. The summed E-state index contributed by atoms with van der Waals surface area (Å²) in [6, 6.07) is 7.86. The molecule has 0 unspecified atom stereocenters. The van der Waals surface area contributed by atoms with Gasteiger partial charge in [0.1, 0.15) is 5.76 Å². The van der Waals surface area contributed by atoms with E-state index in [2.05, 4.69) is 26.4 Å². The van der Waals surface area contributed by atoms with Crippen LogP contribution in [0.3, 0.4) is 0 Å². The molecular formula is C17H24ClIN4O. The Morgan fingerprint density at radius 3 is 2.71 bits per heavy atom. The van der Waals surface area contributed by atoms with Gasteiger partial charge in [-0.15, -0.1) is 24.0 Å². The van der Waals surface area contributed by atoms with Gasteiger partial charge in [0.15, 0.2) is 5.96 Å². The molecule has 1 heterocycles. The minimum Gasteiger partial charge on any atom is -0.361 e. The smallest absolute Gasteiger partial charge is 0.193 e. The summed E-state index contributed by atoms with van der Waals surface area (Å²) in [4.78, 5) is 6.40. The highest BCUT2D eigenvalue weighted by atomic mass is 127. The fraction of sp³-hybridized carbons (Fsp3) is 0.412. The van der Waals surface area contributed by atoms with E-state index in [1.54, 1.807) is 7.05 Å². The van der Waals surface area contributed by atoms with Gasteiger partial charge in [0, 0.05) is 37.8 Å². The van der Waals surface area contributed by atoms with Crippen molar-refractivity contribution in [2.24, 2.45) is 4.99 Å². The van der Waals surface area contributed by atoms with Crippen LogP contribution in [0.25, 0.3) is 0 Å². The van der Waals surface area contributed by atoms with E-state index in [1.807, 2.05) is 39.1 Å². The maximum atomic E-state index is 6.03. The predicted octanol–water partition coefficient (Wildman–Crippen LogP) is 3.81. The molecule has 5 nitrogen and oxygen atoms in total. The molecule has 0 aliphatic carbocycles. The Bertz CT molecular complexity index is 667. The third kappa shape index (κ3) is 5.66. The fourth-order valence-corrected chi connectivity index (χ4v) is 2.74. The molecule has 0 fully saturated rings. The Labute approximate surface area is 165 Å². The molecule has 2 aromatic rings. The summed E-state index contributed by atoms with van der Waals surface area (Å²) in [5.74, 6) is 1.73. The van der Waals surface area contributed by atoms with Crippen LogP contribution in [0.1, 0.15) is 22.6 Å². The maximum absolute atomic E-state index is 6.03. The van der Waals surface area contributed by atoms with Gasteiger partial charge >= 0.3 is 0 Å². The van der Waals surface area contributed by atoms with Crippen molar-refractivity contribution in [2.45, 2.75) is 26.8 Å². The van der Waals surface area contributed by atoms with Gasteiger partial charge in [0.25, 0.3) is 0 Å². The summed E-state index contributed by atoms with van der Waals surface area (Å²) >= 11 is 6.03. The number of halogens is 2. The summed E-state index contributed by atoms with van der Waals surface area (Å²) in [5, 5.41) is 8.10. The van der Waals surface area contributed by atoms with Crippen LogP contribution in [-0.4, -0.2) is 36.7 Å². The number of nitrogens with one attached hydrogen (secondary N) is 1. The first kappa shape index (κ1) is 20.8. The predicted molar refractivity (Wildman–Crippen MR) is 109 cm³/mol. The lowest BCUT2D eigenvalue weighted by atomic mass is 10.1. The highest BCUT2D eigenvalue weighted by molar-refractivity contribution is 14.0.